The van der Waals surface area contributed by atoms with Crippen LogP contribution < -0.4 is 9.46 Å². The summed E-state index contributed by atoms with van der Waals surface area (Å²) in [6, 6.07) is 9.44. The van der Waals surface area contributed by atoms with Gasteiger partial charge in [0.15, 0.2) is 0 Å². The van der Waals surface area contributed by atoms with Crippen molar-refractivity contribution < 1.29 is 22.7 Å². The first-order valence-electron chi connectivity index (χ1n) is 8.29. The summed E-state index contributed by atoms with van der Waals surface area (Å²) in [6.07, 6.45) is 0.653. The van der Waals surface area contributed by atoms with E-state index in [1.807, 2.05) is 6.92 Å². The molecule has 0 bridgehead atoms. The number of carbonyl (C=O) groups excluding carboxylic acids is 1. The number of aryl methyl sites for hydroxylation is 2. The highest BCUT2D eigenvalue weighted by Gasteiger charge is 2.18. The fraction of sp³-hybridized carbons (Fsp3) is 0.316. The van der Waals surface area contributed by atoms with Gasteiger partial charge in [-0.1, -0.05) is 6.92 Å². The van der Waals surface area contributed by atoms with Gasteiger partial charge in [-0.15, -0.1) is 0 Å². The predicted molar refractivity (Wildman–Crippen MR) is 100 cm³/mol. The fourth-order valence-electron chi connectivity index (χ4n) is 2.52. The van der Waals surface area contributed by atoms with Gasteiger partial charge in [-0.3, -0.25) is 4.72 Å². The number of sulfonamides is 1. The Bertz CT molecular complexity index is 906. The topological polar surface area (TPSA) is 81.7 Å². The van der Waals surface area contributed by atoms with Crippen molar-refractivity contribution in [3.63, 3.8) is 0 Å². The Morgan fingerprint density at radius 3 is 2.42 bits per heavy atom. The van der Waals surface area contributed by atoms with Crippen molar-refractivity contribution in [3.05, 3.63) is 53.1 Å². The first-order valence-corrected chi connectivity index (χ1v) is 9.78. The zero-order valence-electron chi connectivity index (χ0n) is 15.3. The second kappa shape index (κ2) is 8.23. The number of nitrogens with one attached hydrogen (secondary N) is 1. The quantitative estimate of drug-likeness (QED) is 0.746. The lowest BCUT2D eigenvalue weighted by Crippen LogP contribution is -2.15. The highest BCUT2D eigenvalue weighted by molar-refractivity contribution is 7.92. The molecule has 0 heterocycles. The number of ether oxygens (including phenoxy) is 2. The minimum Gasteiger partial charge on any atom is -0.496 e. The van der Waals surface area contributed by atoms with Gasteiger partial charge in [0, 0.05) is 0 Å². The Balaban J connectivity index is 2.31. The fourth-order valence-corrected chi connectivity index (χ4v) is 3.70. The molecule has 140 valence electrons. The van der Waals surface area contributed by atoms with Crippen molar-refractivity contribution >= 4 is 21.7 Å². The molecule has 0 saturated heterocycles. The van der Waals surface area contributed by atoms with Crippen molar-refractivity contribution in [2.45, 2.75) is 32.1 Å². The minimum atomic E-state index is -3.76. The molecule has 0 aliphatic carbocycles. The molecule has 0 aromatic heterocycles. The predicted octanol–water partition coefficient (Wildman–Crippen LogP) is 3.54. The van der Waals surface area contributed by atoms with Gasteiger partial charge >= 0.3 is 5.97 Å². The molecule has 0 aliphatic rings. The molecule has 7 heteroatoms. The van der Waals surface area contributed by atoms with Gasteiger partial charge in [-0.25, -0.2) is 13.2 Å². The van der Waals surface area contributed by atoms with E-state index in [0.717, 1.165) is 5.56 Å². The number of rotatable bonds is 7. The monoisotopic (exact) mass is 377 g/mol. The van der Waals surface area contributed by atoms with Crippen LogP contribution in [0.1, 0.15) is 35.3 Å². The lowest BCUT2D eigenvalue weighted by atomic mass is 10.1. The first kappa shape index (κ1) is 19.8. The molecule has 0 radical (unpaired) electrons. The molecule has 6 nitrogen and oxygen atoms in total. The summed E-state index contributed by atoms with van der Waals surface area (Å²) in [6.45, 7) is 5.67. The molecular formula is C19H23NO5S. The molecule has 0 spiro atoms. The average Bonchev–Trinajstić information content (AvgIpc) is 2.62. The van der Waals surface area contributed by atoms with Crippen LogP contribution in [0.5, 0.6) is 5.75 Å². The molecule has 0 unspecified atom stereocenters. The normalized spacial score (nSPS) is 11.1. The Labute approximate surface area is 154 Å². The summed E-state index contributed by atoms with van der Waals surface area (Å²) in [4.78, 5) is 11.9. The third kappa shape index (κ3) is 4.35. The molecular weight excluding hydrogens is 354 g/mol. The lowest BCUT2D eigenvalue weighted by molar-refractivity contribution is 0.0526. The number of hydrogen-bond donors (Lipinski definition) is 1. The van der Waals surface area contributed by atoms with E-state index in [9.17, 15) is 13.2 Å². The van der Waals surface area contributed by atoms with E-state index in [2.05, 4.69) is 4.72 Å². The van der Waals surface area contributed by atoms with E-state index in [1.165, 1.54) is 12.1 Å². The van der Waals surface area contributed by atoms with Crippen molar-refractivity contribution in [1.29, 1.82) is 0 Å². The van der Waals surface area contributed by atoms with Gasteiger partial charge in [0.25, 0.3) is 10.0 Å². The van der Waals surface area contributed by atoms with Gasteiger partial charge in [0.2, 0.25) is 0 Å². The van der Waals surface area contributed by atoms with Crippen molar-refractivity contribution in [1.82, 2.24) is 0 Å². The molecule has 0 fully saturated rings. The van der Waals surface area contributed by atoms with E-state index in [0.29, 0.717) is 29.0 Å². The van der Waals surface area contributed by atoms with Gasteiger partial charge < -0.3 is 9.47 Å². The molecule has 0 aliphatic heterocycles. The summed E-state index contributed by atoms with van der Waals surface area (Å²) in [5.41, 5.74) is 2.23. The smallest absolute Gasteiger partial charge is 0.338 e. The second-order valence-corrected chi connectivity index (χ2v) is 7.37. The number of benzene rings is 2. The maximum atomic E-state index is 12.7. The van der Waals surface area contributed by atoms with E-state index >= 15 is 0 Å². The van der Waals surface area contributed by atoms with Crippen LogP contribution in [-0.4, -0.2) is 28.1 Å². The molecule has 2 rings (SSSR count). The van der Waals surface area contributed by atoms with Crippen LogP contribution in [-0.2, 0) is 21.2 Å². The maximum absolute atomic E-state index is 12.7. The van der Waals surface area contributed by atoms with E-state index in [1.54, 1.807) is 45.2 Å². The average molecular weight is 377 g/mol. The SMILES string of the molecule is CCOC(=O)c1ccc(NS(=O)(=O)c2ccc(OC)c(CC)c2)c(C)c1. The number of esters is 1. The standard InChI is InChI=1S/C19H23NO5S/c1-5-14-12-16(8-10-18(14)24-4)26(22,23)20-17-9-7-15(11-13(17)3)19(21)25-6-2/h7-12,20H,5-6H2,1-4H3. The van der Waals surface area contributed by atoms with E-state index in [4.69, 9.17) is 9.47 Å². The zero-order chi connectivity index (χ0) is 19.3. The summed E-state index contributed by atoms with van der Waals surface area (Å²) in [5.74, 6) is 0.217. The molecule has 2 aromatic rings. The summed E-state index contributed by atoms with van der Waals surface area (Å²) < 4.78 is 38.2. The molecule has 26 heavy (non-hydrogen) atoms. The summed E-state index contributed by atoms with van der Waals surface area (Å²) in [5, 5.41) is 0. The summed E-state index contributed by atoms with van der Waals surface area (Å²) in [7, 11) is -2.21. The minimum absolute atomic E-state index is 0.156. The number of anilines is 1. The van der Waals surface area contributed by atoms with E-state index in [-0.39, 0.29) is 11.5 Å². The molecule has 0 amide bonds. The molecule has 2 aromatic carbocycles. The molecule has 0 atom stereocenters. The van der Waals surface area contributed by atoms with Gasteiger partial charge in [0.05, 0.1) is 29.9 Å². The van der Waals surface area contributed by atoms with Crippen LogP contribution in [0.25, 0.3) is 0 Å². The third-order valence-electron chi connectivity index (χ3n) is 3.92. The summed E-state index contributed by atoms with van der Waals surface area (Å²) >= 11 is 0. The largest absolute Gasteiger partial charge is 0.496 e. The Morgan fingerprint density at radius 1 is 1.12 bits per heavy atom. The maximum Gasteiger partial charge on any atom is 0.338 e. The van der Waals surface area contributed by atoms with Crippen LogP contribution in [0.2, 0.25) is 0 Å². The van der Waals surface area contributed by atoms with E-state index < -0.39 is 16.0 Å². The van der Waals surface area contributed by atoms with Crippen LogP contribution in [0.3, 0.4) is 0 Å². The first-order chi connectivity index (χ1) is 12.3. The number of carbonyl (C=O) groups is 1. The van der Waals surface area contributed by atoms with Crippen LogP contribution in [0.4, 0.5) is 5.69 Å². The highest BCUT2D eigenvalue weighted by Crippen LogP contribution is 2.26. The Morgan fingerprint density at radius 2 is 1.85 bits per heavy atom. The highest BCUT2D eigenvalue weighted by atomic mass is 32.2. The number of methoxy groups -OCH3 is 1. The van der Waals surface area contributed by atoms with Crippen LogP contribution in [0, 0.1) is 6.92 Å². The second-order valence-electron chi connectivity index (χ2n) is 5.68. The van der Waals surface area contributed by atoms with Crippen molar-refractivity contribution in [2.24, 2.45) is 0 Å². The van der Waals surface area contributed by atoms with Crippen molar-refractivity contribution in [3.8, 4) is 5.75 Å². The molecule has 0 saturated carbocycles. The number of hydrogen-bond acceptors (Lipinski definition) is 5. The van der Waals surface area contributed by atoms with Gasteiger partial charge in [0.1, 0.15) is 5.75 Å². The van der Waals surface area contributed by atoms with Crippen LogP contribution >= 0.6 is 0 Å². The zero-order valence-corrected chi connectivity index (χ0v) is 16.1. The van der Waals surface area contributed by atoms with Gasteiger partial charge in [-0.2, -0.15) is 0 Å². The Kier molecular flexibility index (Phi) is 6.26. The Hall–Kier alpha value is -2.54. The van der Waals surface area contributed by atoms with Crippen LogP contribution in [0.15, 0.2) is 41.3 Å². The van der Waals surface area contributed by atoms with Crippen molar-refractivity contribution in [2.75, 3.05) is 18.4 Å². The third-order valence-corrected chi connectivity index (χ3v) is 5.29. The lowest BCUT2D eigenvalue weighted by Gasteiger charge is -2.13. The van der Waals surface area contributed by atoms with Gasteiger partial charge in [-0.05, 0) is 67.8 Å². The molecule has 1 N–H and O–H groups in total.